The van der Waals surface area contributed by atoms with E-state index in [1.54, 1.807) is 30.3 Å². The van der Waals surface area contributed by atoms with Crippen molar-refractivity contribution < 1.29 is 17.6 Å². The summed E-state index contributed by atoms with van der Waals surface area (Å²) in [5.74, 6) is 0.563. The first-order chi connectivity index (χ1) is 13.8. The van der Waals surface area contributed by atoms with Gasteiger partial charge < -0.3 is 14.1 Å². The fourth-order valence-electron chi connectivity index (χ4n) is 3.55. The highest BCUT2D eigenvalue weighted by atomic mass is 32.2. The van der Waals surface area contributed by atoms with E-state index >= 15 is 0 Å². The van der Waals surface area contributed by atoms with E-state index in [1.165, 1.54) is 0 Å². The van der Waals surface area contributed by atoms with Crippen LogP contribution in [0.1, 0.15) is 19.4 Å². The Balaban J connectivity index is 1.85. The zero-order valence-electron chi connectivity index (χ0n) is 16.7. The monoisotopic (exact) mass is 412 g/mol. The van der Waals surface area contributed by atoms with Crippen LogP contribution in [0.3, 0.4) is 0 Å². The van der Waals surface area contributed by atoms with Crippen LogP contribution in [0.2, 0.25) is 0 Å². The summed E-state index contributed by atoms with van der Waals surface area (Å²) < 4.78 is 38.6. The quantitative estimate of drug-likeness (QED) is 0.642. The predicted octanol–water partition coefficient (Wildman–Crippen LogP) is 4.10. The van der Waals surface area contributed by atoms with E-state index in [1.807, 2.05) is 49.9 Å². The van der Waals surface area contributed by atoms with Gasteiger partial charge >= 0.3 is 0 Å². The van der Waals surface area contributed by atoms with Gasteiger partial charge in [0.05, 0.1) is 17.1 Å². The van der Waals surface area contributed by atoms with Crippen molar-refractivity contribution in [3.8, 4) is 11.5 Å². The summed E-state index contributed by atoms with van der Waals surface area (Å²) in [5, 5.41) is -0.0550. The van der Waals surface area contributed by atoms with Crippen molar-refractivity contribution in [3.63, 3.8) is 0 Å². The zero-order chi connectivity index (χ0) is 20.6. The molecule has 0 aliphatic carbocycles. The van der Waals surface area contributed by atoms with Gasteiger partial charge in [-0.05, 0) is 45.0 Å². The third kappa shape index (κ3) is 3.93. The Kier molecular flexibility index (Phi) is 5.19. The summed E-state index contributed by atoms with van der Waals surface area (Å²) in [5.41, 5.74) is 1.84. The highest BCUT2D eigenvalue weighted by Crippen LogP contribution is 2.36. The van der Waals surface area contributed by atoms with E-state index in [2.05, 4.69) is 4.98 Å². The Morgan fingerprint density at radius 1 is 0.966 bits per heavy atom. The molecule has 0 saturated carbocycles. The number of aryl methyl sites for hydroxylation is 1. The summed E-state index contributed by atoms with van der Waals surface area (Å²) >= 11 is 0. The average Bonchev–Trinajstić information content (AvgIpc) is 3.15. The second kappa shape index (κ2) is 7.65. The Morgan fingerprint density at radius 2 is 1.59 bits per heavy atom. The van der Waals surface area contributed by atoms with Gasteiger partial charge in [-0.25, -0.2) is 8.42 Å². The standard InChI is InChI=1S/C22H24N2O4S/c1-15-9-11-18(12-10-15)20-23-21(29(25,26)19-7-5-4-6-8-19)22(28-20)24-13-16(2)27-17(3)14-24/h4-12,16-17H,13-14H2,1-3H3/t16-,17-/m1/s1. The van der Waals surface area contributed by atoms with E-state index in [-0.39, 0.29) is 28.0 Å². The van der Waals surface area contributed by atoms with Gasteiger partial charge in [-0.2, -0.15) is 4.98 Å². The first kappa shape index (κ1) is 19.7. The molecule has 4 rings (SSSR count). The normalized spacial score (nSPS) is 20.0. The number of aromatic nitrogens is 1. The Morgan fingerprint density at radius 3 is 2.21 bits per heavy atom. The largest absolute Gasteiger partial charge is 0.419 e. The molecule has 2 heterocycles. The maximum absolute atomic E-state index is 13.4. The van der Waals surface area contributed by atoms with Crippen LogP contribution < -0.4 is 4.90 Å². The first-order valence-corrected chi connectivity index (χ1v) is 11.1. The smallest absolute Gasteiger partial charge is 0.236 e. The number of ether oxygens (including phenoxy) is 1. The lowest BCUT2D eigenvalue weighted by atomic mass is 10.1. The molecule has 152 valence electrons. The molecule has 29 heavy (non-hydrogen) atoms. The molecule has 0 radical (unpaired) electrons. The van der Waals surface area contributed by atoms with Gasteiger partial charge in [-0.15, -0.1) is 0 Å². The van der Waals surface area contributed by atoms with E-state index in [4.69, 9.17) is 9.15 Å². The molecule has 3 aromatic rings. The lowest BCUT2D eigenvalue weighted by molar-refractivity contribution is -0.00657. The molecule has 2 aromatic carbocycles. The third-order valence-electron chi connectivity index (χ3n) is 4.89. The molecule has 7 heteroatoms. The van der Waals surface area contributed by atoms with E-state index in [0.717, 1.165) is 11.1 Å². The molecule has 0 bridgehead atoms. The third-order valence-corrected chi connectivity index (χ3v) is 6.56. The van der Waals surface area contributed by atoms with Crippen molar-refractivity contribution in [2.75, 3.05) is 18.0 Å². The molecule has 1 aromatic heterocycles. The molecule has 0 amide bonds. The minimum absolute atomic E-state index is 0.0426. The lowest BCUT2D eigenvalue weighted by Gasteiger charge is -2.35. The van der Waals surface area contributed by atoms with Crippen LogP contribution in [0.15, 0.2) is 68.9 Å². The number of anilines is 1. The van der Waals surface area contributed by atoms with Crippen molar-refractivity contribution in [3.05, 3.63) is 60.2 Å². The average molecular weight is 413 g/mol. The van der Waals surface area contributed by atoms with Gasteiger partial charge in [0.2, 0.25) is 26.6 Å². The molecule has 1 aliphatic heterocycles. The molecule has 6 nitrogen and oxygen atoms in total. The number of rotatable bonds is 4. The maximum atomic E-state index is 13.4. The van der Waals surface area contributed by atoms with Gasteiger partial charge in [-0.1, -0.05) is 35.9 Å². The minimum Gasteiger partial charge on any atom is -0.419 e. The SMILES string of the molecule is Cc1ccc(-c2nc(S(=O)(=O)c3ccccc3)c(N3C[C@@H](C)O[C@H](C)C3)o2)cc1. The van der Waals surface area contributed by atoms with Crippen LogP contribution in [0.5, 0.6) is 0 Å². The minimum atomic E-state index is -3.84. The van der Waals surface area contributed by atoms with Gasteiger partial charge in [-0.3, -0.25) is 0 Å². The highest BCUT2D eigenvalue weighted by molar-refractivity contribution is 7.91. The van der Waals surface area contributed by atoms with Gasteiger partial charge in [0.1, 0.15) is 0 Å². The summed E-state index contributed by atoms with van der Waals surface area (Å²) in [6.45, 7) is 6.98. The Hall–Kier alpha value is -2.64. The molecule has 0 unspecified atom stereocenters. The number of sulfone groups is 1. The van der Waals surface area contributed by atoms with Crippen molar-refractivity contribution in [1.82, 2.24) is 4.98 Å². The van der Waals surface area contributed by atoms with Crippen molar-refractivity contribution >= 4 is 15.7 Å². The molecule has 0 spiro atoms. The van der Waals surface area contributed by atoms with Crippen LogP contribution in [-0.4, -0.2) is 38.7 Å². The lowest BCUT2D eigenvalue weighted by Crippen LogP contribution is -2.45. The molecule has 1 fully saturated rings. The molecule has 0 N–H and O–H groups in total. The second-order valence-electron chi connectivity index (χ2n) is 7.47. The van der Waals surface area contributed by atoms with Gasteiger partial charge in [0.25, 0.3) is 0 Å². The van der Waals surface area contributed by atoms with Crippen LogP contribution in [-0.2, 0) is 14.6 Å². The van der Waals surface area contributed by atoms with Gasteiger partial charge in [0.15, 0.2) is 0 Å². The van der Waals surface area contributed by atoms with Crippen molar-refractivity contribution in [2.45, 2.75) is 42.9 Å². The number of benzene rings is 2. The second-order valence-corrected chi connectivity index (χ2v) is 9.34. The summed E-state index contributed by atoms with van der Waals surface area (Å²) in [6, 6.07) is 16.0. The van der Waals surface area contributed by atoms with E-state index < -0.39 is 9.84 Å². The maximum Gasteiger partial charge on any atom is 0.236 e. The van der Waals surface area contributed by atoms with Crippen LogP contribution in [0.25, 0.3) is 11.5 Å². The molecular formula is C22H24N2O4S. The van der Waals surface area contributed by atoms with Crippen LogP contribution in [0.4, 0.5) is 5.88 Å². The Labute approximate surface area is 171 Å². The van der Waals surface area contributed by atoms with Crippen LogP contribution >= 0.6 is 0 Å². The Bertz CT molecular complexity index is 1080. The van der Waals surface area contributed by atoms with Crippen molar-refractivity contribution in [1.29, 1.82) is 0 Å². The summed E-state index contributed by atoms with van der Waals surface area (Å²) in [7, 11) is -3.84. The number of hydrogen-bond donors (Lipinski definition) is 0. The number of nitrogens with zero attached hydrogens (tertiary/aromatic N) is 2. The molecule has 1 saturated heterocycles. The molecule has 1 aliphatic rings. The summed E-state index contributed by atoms with van der Waals surface area (Å²) in [6.07, 6.45) is -0.0853. The highest BCUT2D eigenvalue weighted by Gasteiger charge is 2.34. The van der Waals surface area contributed by atoms with Crippen molar-refractivity contribution in [2.24, 2.45) is 0 Å². The number of hydrogen-bond acceptors (Lipinski definition) is 6. The summed E-state index contributed by atoms with van der Waals surface area (Å²) in [4.78, 5) is 6.56. The van der Waals surface area contributed by atoms with Crippen LogP contribution in [0, 0.1) is 6.92 Å². The van der Waals surface area contributed by atoms with Gasteiger partial charge in [0, 0.05) is 18.7 Å². The fourth-order valence-corrected chi connectivity index (χ4v) is 4.89. The number of morpholine rings is 1. The van der Waals surface area contributed by atoms with E-state index in [9.17, 15) is 8.42 Å². The predicted molar refractivity (Wildman–Crippen MR) is 111 cm³/mol. The number of oxazole rings is 1. The molecule has 2 atom stereocenters. The van der Waals surface area contributed by atoms with E-state index in [0.29, 0.717) is 19.0 Å². The molecular weight excluding hydrogens is 388 g/mol. The first-order valence-electron chi connectivity index (χ1n) is 9.63. The topological polar surface area (TPSA) is 72.6 Å². The zero-order valence-corrected chi connectivity index (χ0v) is 17.5. The fraction of sp³-hybridized carbons (Fsp3) is 0.318.